The first-order valence-electron chi connectivity index (χ1n) is 5.41. The van der Waals surface area contributed by atoms with Crippen molar-refractivity contribution < 1.29 is 9.53 Å². The van der Waals surface area contributed by atoms with Crippen LogP contribution < -0.4 is 5.56 Å². The van der Waals surface area contributed by atoms with Gasteiger partial charge in [-0.25, -0.2) is 9.48 Å². The van der Waals surface area contributed by atoms with Crippen molar-refractivity contribution in [2.75, 3.05) is 7.11 Å². The maximum absolute atomic E-state index is 11.6. The highest BCUT2D eigenvalue weighted by Crippen LogP contribution is 2.00. The van der Waals surface area contributed by atoms with E-state index in [1.807, 2.05) is 30.3 Å². The van der Waals surface area contributed by atoms with Crippen molar-refractivity contribution in [2.45, 2.75) is 6.54 Å². The monoisotopic (exact) mass is 244 g/mol. The predicted molar refractivity (Wildman–Crippen MR) is 65.4 cm³/mol. The summed E-state index contributed by atoms with van der Waals surface area (Å²) in [5.74, 6) is -0.559. The molecule has 1 heterocycles. The highest BCUT2D eigenvalue weighted by Gasteiger charge is 2.09. The van der Waals surface area contributed by atoms with Crippen molar-refractivity contribution in [3.05, 3.63) is 64.1 Å². The zero-order valence-corrected chi connectivity index (χ0v) is 9.87. The third kappa shape index (κ3) is 2.63. The van der Waals surface area contributed by atoms with Gasteiger partial charge in [-0.2, -0.15) is 5.10 Å². The van der Waals surface area contributed by atoms with Gasteiger partial charge in [0.15, 0.2) is 5.69 Å². The Kier molecular flexibility index (Phi) is 3.52. The number of methoxy groups -OCH3 is 1. The molecule has 1 aromatic carbocycles. The molecule has 0 radical (unpaired) electrons. The summed E-state index contributed by atoms with van der Waals surface area (Å²) >= 11 is 0. The van der Waals surface area contributed by atoms with Crippen LogP contribution in [0.3, 0.4) is 0 Å². The number of esters is 1. The number of hydrogen-bond acceptors (Lipinski definition) is 4. The van der Waals surface area contributed by atoms with E-state index in [2.05, 4.69) is 9.84 Å². The Labute approximate surface area is 104 Å². The van der Waals surface area contributed by atoms with Gasteiger partial charge in [-0.3, -0.25) is 4.79 Å². The number of benzene rings is 1. The third-order valence-corrected chi connectivity index (χ3v) is 2.44. The summed E-state index contributed by atoms with van der Waals surface area (Å²) in [5, 5.41) is 3.97. The maximum atomic E-state index is 11.6. The molecule has 0 unspecified atom stereocenters. The van der Waals surface area contributed by atoms with Crippen molar-refractivity contribution >= 4 is 5.97 Å². The second-order valence-electron chi connectivity index (χ2n) is 3.69. The van der Waals surface area contributed by atoms with Crippen LogP contribution in [0, 0.1) is 0 Å². The van der Waals surface area contributed by atoms with E-state index in [4.69, 9.17) is 0 Å². The Morgan fingerprint density at radius 3 is 2.61 bits per heavy atom. The molecule has 1 aromatic heterocycles. The highest BCUT2D eigenvalue weighted by atomic mass is 16.5. The molecule has 0 saturated carbocycles. The van der Waals surface area contributed by atoms with Gasteiger partial charge in [0.2, 0.25) is 0 Å². The van der Waals surface area contributed by atoms with Crippen LogP contribution in [-0.4, -0.2) is 22.9 Å². The average molecular weight is 244 g/mol. The third-order valence-electron chi connectivity index (χ3n) is 2.44. The number of aromatic nitrogens is 2. The van der Waals surface area contributed by atoms with Crippen molar-refractivity contribution in [2.24, 2.45) is 0 Å². The summed E-state index contributed by atoms with van der Waals surface area (Å²) < 4.78 is 5.80. The molecule has 0 N–H and O–H groups in total. The molecule has 0 aliphatic heterocycles. The zero-order chi connectivity index (χ0) is 13.0. The number of nitrogens with zero attached hydrogens (tertiary/aromatic N) is 2. The molecule has 0 spiro atoms. The summed E-state index contributed by atoms with van der Waals surface area (Å²) in [6.07, 6.45) is 0. The Morgan fingerprint density at radius 2 is 1.94 bits per heavy atom. The first-order valence-corrected chi connectivity index (χ1v) is 5.41. The van der Waals surface area contributed by atoms with Crippen LogP contribution in [0.1, 0.15) is 16.1 Å². The lowest BCUT2D eigenvalue weighted by Crippen LogP contribution is -2.25. The minimum atomic E-state index is -0.559. The van der Waals surface area contributed by atoms with Crippen LogP contribution in [0.4, 0.5) is 0 Å². The van der Waals surface area contributed by atoms with Gasteiger partial charge in [-0.05, 0) is 11.6 Å². The van der Waals surface area contributed by atoms with Gasteiger partial charge in [0.25, 0.3) is 5.56 Å². The average Bonchev–Trinajstić information content (AvgIpc) is 2.41. The van der Waals surface area contributed by atoms with Gasteiger partial charge < -0.3 is 4.74 Å². The Bertz CT molecular complexity index is 605. The molecule has 0 amide bonds. The molecule has 0 aliphatic carbocycles. The van der Waals surface area contributed by atoms with Crippen molar-refractivity contribution in [3.63, 3.8) is 0 Å². The van der Waals surface area contributed by atoms with Crippen LogP contribution in [0.5, 0.6) is 0 Å². The second-order valence-corrected chi connectivity index (χ2v) is 3.69. The maximum Gasteiger partial charge on any atom is 0.358 e. The van der Waals surface area contributed by atoms with Gasteiger partial charge in [-0.1, -0.05) is 30.3 Å². The SMILES string of the molecule is COC(=O)c1ccc(=O)n(Cc2ccccc2)n1. The summed E-state index contributed by atoms with van der Waals surface area (Å²) in [5.41, 5.74) is 0.800. The molecular weight excluding hydrogens is 232 g/mol. The number of ether oxygens (including phenoxy) is 1. The Hall–Kier alpha value is -2.43. The molecule has 5 heteroatoms. The lowest BCUT2D eigenvalue weighted by Gasteiger charge is -2.05. The number of carbonyl (C=O) groups is 1. The number of rotatable bonds is 3. The van der Waals surface area contributed by atoms with E-state index >= 15 is 0 Å². The van der Waals surface area contributed by atoms with E-state index in [1.54, 1.807) is 0 Å². The topological polar surface area (TPSA) is 61.2 Å². The highest BCUT2D eigenvalue weighted by molar-refractivity contribution is 5.86. The fraction of sp³-hybridized carbons (Fsp3) is 0.154. The Balaban J connectivity index is 2.33. The van der Waals surface area contributed by atoms with E-state index < -0.39 is 5.97 Å². The fourth-order valence-corrected chi connectivity index (χ4v) is 1.53. The normalized spacial score (nSPS) is 10.1. The molecular formula is C13H12N2O3. The van der Waals surface area contributed by atoms with Crippen molar-refractivity contribution in [1.29, 1.82) is 0 Å². The van der Waals surface area contributed by atoms with Crippen LogP contribution in [-0.2, 0) is 11.3 Å². The minimum Gasteiger partial charge on any atom is -0.464 e. The molecule has 18 heavy (non-hydrogen) atoms. The van der Waals surface area contributed by atoms with E-state index in [1.165, 1.54) is 23.9 Å². The molecule has 92 valence electrons. The second kappa shape index (κ2) is 5.27. The van der Waals surface area contributed by atoms with Gasteiger partial charge in [0.1, 0.15) is 0 Å². The van der Waals surface area contributed by atoms with Gasteiger partial charge >= 0.3 is 5.97 Å². The van der Waals surface area contributed by atoms with E-state index in [0.29, 0.717) is 6.54 Å². The fourth-order valence-electron chi connectivity index (χ4n) is 1.53. The molecule has 5 nitrogen and oxygen atoms in total. The van der Waals surface area contributed by atoms with Gasteiger partial charge in [-0.15, -0.1) is 0 Å². The van der Waals surface area contributed by atoms with Gasteiger partial charge in [0, 0.05) is 6.07 Å². The largest absolute Gasteiger partial charge is 0.464 e. The first-order chi connectivity index (χ1) is 8.70. The van der Waals surface area contributed by atoms with Crippen LogP contribution >= 0.6 is 0 Å². The van der Waals surface area contributed by atoms with Crippen LogP contribution in [0.25, 0.3) is 0 Å². The standard InChI is InChI=1S/C13H12N2O3/c1-18-13(17)11-7-8-12(16)15(14-11)9-10-5-3-2-4-6-10/h2-8H,9H2,1H3. The zero-order valence-electron chi connectivity index (χ0n) is 9.87. The minimum absolute atomic E-state index is 0.119. The number of hydrogen-bond donors (Lipinski definition) is 0. The summed E-state index contributed by atoms with van der Waals surface area (Å²) in [6, 6.07) is 12.1. The lowest BCUT2D eigenvalue weighted by molar-refractivity contribution is 0.0591. The molecule has 0 fully saturated rings. The number of carbonyl (C=O) groups excluding carboxylic acids is 1. The molecule has 2 rings (SSSR count). The molecule has 0 bridgehead atoms. The van der Waals surface area contributed by atoms with E-state index in [-0.39, 0.29) is 11.3 Å². The van der Waals surface area contributed by atoms with E-state index in [0.717, 1.165) is 5.56 Å². The lowest BCUT2D eigenvalue weighted by atomic mass is 10.2. The summed E-state index contributed by atoms with van der Waals surface area (Å²) in [6.45, 7) is 0.324. The van der Waals surface area contributed by atoms with Crippen LogP contribution in [0.15, 0.2) is 47.3 Å². The summed E-state index contributed by atoms with van der Waals surface area (Å²) in [7, 11) is 1.27. The van der Waals surface area contributed by atoms with Crippen molar-refractivity contribution in [1.82, 2.24) is 9.78 Å². The quantitative estimate of drug-likeness (QED) is 0.758. The van der Waals surface area contributed by atoms with E-state index in [9.17, 15) is 9.59 Å². The molecule has 0 aliphatic rings. The first kappa shape index (κ1) is 12.0. The molecule has 0 saturated heterocycles. The summed E-state index contributed by atoms with van der Waals surface area (Å²) in [4.78, 5) is 23.0. The smallest absolute Gasteiger partial charge is 0.358 e. The molecule has 2 aromatic rings. The Morgan fingerprint density at radius 1 is 1.22 bits per heavy atom. The van der Waals surface area contributed by atoms with Gasteiger partial charge in [0.05, 0.1) is 13.7 Å². The van der Waals surface area contributed by atoms with Crippen LogP contribution in [0.2, 0.25) is 0 Å². The van der Waals surface area contributed by atoms with Crippen molar-refractivity contribution in [3.8, 4) is 0 Å². The molecule has 0 atom stereocenters. The predicted octanol–water partition coefficient (Wildman–Crippen LogP) is 1.08.